The van der Waals surface area contributed by atoms with Gasteiger partial charge in [0, 0.05) is 12.2 Å². The summed E-state index contributed by atoms with van der Waals surface area (Å²) in [6.07, 6.45) is 0. The summed E-state index contributed by atoms with van der Waals surface area (Å²) >= 11 is 11.6. The zero-order valence-electron chi connectivity index (χ0n) is 10.2. The third-order valence-corrected chi connectivity index (χ3v) is 3.34. The molecule has 0 unspecified atom stereocenters. The summed E-state index contributed by atoms with van der Waals surface area (Å²) in [6.45, 7) is 0.445. The minimum Gasteiger partial charge on any atom is -0.506 e. The van der Waals surface area contributed by atoms with Crippen LogP contribution in [0.3, 0.4) is 0 Å². The predicted molar refractivity (Wildman–Crippen MR) is 78.9 cm³/mol. The van der Waals surface area contributed by atoms with Crippen molar-refractivity contribution in [1.82, 2.24) is 0 Å². The molecule has 0 aliphatic carbocycles. The van der Waals surface area contributed by atoms with Crippen LogP contribution < -0.4 is 5.32 Å². The molecule has 2 aromatic carbocycles. The Kier molecular flexibility index (Phi) is 4.37. The highest BCUT2D eigenvalue weighted by atomic mass is 35.5. The fraction of sp³-hybridized carbons (Fsp3) is 0.0714. The van der Waals surface area contributed by atoms with Crippen LogP contribution in [0.4, 0.5) is 5.69 Å². The molecule has 0 aliphatic rings. The lowest BCUT2D eigenvalue weighted by Crippen LogP contribution is -2.02. The molecule has 6 heteroatoms. The van der Waals surface area contributed by atoms with Gasteiger partial charge in [-0.3, -0.25) is 0 Å². The van der Waals surface area contributed by atoms with E-state index in [1.165, 1.54) is 18.2 Å². The Morgan fingerprint density at radius 2 is 1.85 bits per heavy atom. The third kappa shape index (κ3) is 3.35. The van der Waals surface area contributed by atoms with Crippen molar-refractivity contribution in [2.24, 2.45) is 0 Å². The second-order valence-corrected chi connectivity index (χ2v) is 4.95. The number of nitrogens with one attached hydrogen (secondary N) is 1. The molecule has 4 nitrogen and oxygen atoms in total. The predicted octanol–water partition coefficient (Wildman–Crippen LogP) is 4.01. The molecule has 104 valence electrons. The summed E-state index contributed by atoms with van der Waals surface area (Å²) in [4.78, 5) is 11.0. The Bertz CT molecular complexity index is 659. The van der Waals surface area contributed by atoms with Gasteiger partial charge in [0.2, 0.25) is 0 Å². The molecule has 20 heavy (non-hydrogen) atoms. The number of carboxylic acid groups (broad SMARTS) is 1. The summed E-state index contributed by atoms with van der Waals surface area (Å²) in [7, 11) is 0. The van der Waals surface area contributed by atoms with Gasteiger partial charge in [0.15, 0.2) is 0 Å². The molecule has 3 N–H and O–H groups in total. The topological polar surface area (TPSA) is 69.6 Å². The van der Waals surface area contributed by atoms with Gasteiger partial charge in [-0.05, 0) is 35.9 Å². The Morgan fingerprint density at radius 1 is 1.10 bits per heavy atom. The van der Waals surface area contributed by atoms with Gasteiger partial charge in [-0.25, -0.2) is 4.79 Å². The van der Waals surface area contributed by atoms with Crippen molar-refractivity contribution in [2.75, 3.05) is 5.32 Å². The number of hydrogen-bond acceptors (Lipinski definition) is 3. The Labute approximate surface area is 125 Å². The van der Waals surface area contributed by atoms with E-state index in [2.05, 4.69) is 5.32 Å². The molecule has 0 radical (unpaired) electrons. The van der Waals surface area contributed by atoms with Crippen LogP contribution in [0.2, 0.25) is 10.0 Å². The number of phenols is 1. The van der Waals surface area contributed by atoms with Gasteiger partial charge in [-0.1, -0.05) is 29.3 Å². The van der Waals surface area contributed by atoms with E-state index in [-0.39, 0.29) is 21.4 Å². The van der Waals surface area contributed by atoms with Gasteiger partial charge in [0.1, 0.15) is 5.75 Å². The SMILES string of the molecule is O=C(O)c1cc(NCc2ccc(O)c(Cl)c2)ccc1Cl. The first kappa shape index (κ1) is 14.5. The Balaban J connectivity index is 2.12. The number of benzene rings is 2. The van der Waals surface area contributed by atoms with Gasteiger partial charge in [-0.2, -0.15) is 0 Å². The molecular formula is C14H11Cl2NO3. The van der Waals surface area contributed by atoms with Gasteiger partial charge in [-0.15, -0.1) is 0 Å². The maximum atomic E-state index is 11.0. The Hall–Kier alpha value is -1.91. The first-order chi connectivity index (χ1) is 9.47. The molecule has 0 fully saturated rings. The summed E-state index contributed by atoms with van der Waals surface area (Å²) in [5.74, 6) is -1.05. The molecule has 0 spiro atoms. The number of aromatic carboxylic acids is 1. The van der Waals surface area contributed by atoms with Crippen LogP contribution >= 0.6 is 23.2 Å². The number of rotatable bonds is 4. The van der Waals surface area contributed by atoms with Crippen molar-refractivity contribution >= 4 is 34.9 Å². The number of hydrogen-bond donors (Lipinski definition) is 3. The zero-order valence-corrected chi connectivity index (χ0v) is 11.7. The average molecular weight is 312 g/mol. The van der Waals surface area contributed by atoms with Crippen LogP contribution in [0.25, 0.3) is 0 Å². The van der Waals surface area contributed by atoms with Crippen molar-refractivity contribution in [3.8, 4) is 5.75 Å². The molecule has 2 rings (SSSR count). The summed E-state index contributed by atoms with van der Waals surface area (Å²) in [5.41, 5.74) is 1.54. The number of anilines is 1. The second kappa shape index (κ2) is 6.03. The zero-order chi connectivity index (χ0) is 14.7. The maximum Gasteiger partial charge on any atom is 0.337 e. The van der Waals surface area contributed by atoms with E-state index in [1.54, 1.807) is 18.2 Å². The van der Waals surface area contributed by atoms with Crippen molar-refractivity contribution < 1.29 is 15.0 Å². The number of phenolic OH excluding ortho intramolecular Hbond substituents is 1. The van der Waals surface area contributed by atoms with E-state index in [0.29, 0.717) is 12.2 Å². The third-order valence-electron chi connectivity index (χ3n) is 2.71. The summed E-state index contributed by atoms with van der Waals surface area (Å²) < 4.78 is 0. The first-order valence-corrected chi connectivity index (χ1v) is 6.47. The molecular weight excluding hydrogens is 301 g/mol. The van der Waals surface area contributed by atoms with Gasteiger partial charge < -0.3 is 15.5 Å². The molecule has 0 saturated heterocycles. The standard InChI is InChI=1S/C14H11Cl2NO3/c15-11-3-2-9(6-10(11)14(19)20)17-7-8-1-4-13(18)12(16)5-8/h1-6,17-18H,7H2,(H,19,20). The maximum absolute atomic E-state index is 11.0. The van der Waals surface area contributed by atoms with Crippen molar-refractivity contribution in [3.05, 3.63) is 57.6 Å². The van der Waals surface area contributed by atoms with Crippen LogP contribution in [0.5, 0.6) is 5.75 Å². The lowest BCUT2D eigenvalue weighted by molar-refractivity contribution is 0.0697. The van der Waals surface area contributed by atoms with Crippen molar-refractivity contribution in [3.63, 3.8) is 0 Å². The minimum absolute atomic E-state index is 0.0232. The normalized spacial score (nSPS) is 10.3. The molecule has 0 amide bonds. The van der Waals surface area contributed by atoms with E-state index < -0.39 is 5.97 Å². The number of carbonyl (C=O) groups is 1. The number of aromatic hydroxyl groups is 1. The second-order valence-electron chi connectivity index (χ2n) is 4.14. The monoisotopic (exact) mass is 311 g/mol. The smallest absolute Gasteiger partial charge is 0.337 e. The molecule has 0 saturated carbocycles. The highest BCUT2D eigenvalue weighted by Crippen LogP contribution is 2.25. The molecule has 0 atom stereocenters. The van der Waals surface area contributed by atoms with Gasteiger partial charge in [0.05, 0.1) is 15.6 Å². The largest absolute Gasteiger partial charge is 0.506 e. The van der Waals surface area contributed by atoms with Crippen molar-refractivity contribution in [2.45, 2.75) is 6.54 Å². The fourth-order valence-electron chi connectivity index (χ4n) is 1.66. The molecule has 0 heterocycles. The first-order valence-electron chi connectivity index (χ1n) is 5.71. The number of carboxylic acids is 1. The van der Waals surface area contributed by atoms with E-state index in [0.717, 1.165) is 5.56 Å². The summed E-state index contributed by atoms with van der Waals surface area (Å²) in [6, 6.07) is 9.55. The fourth-order valence-corrected chi connectivity index (χ4v) is 2.07. The molecule has 0 aliphatic heterocycles. The van der Waals surface area contributed by atoms with Crippen LogP contribution in [-0.2, 0) is 6.54 Å². The Morgan fingerprint density at radius 3 is 2.50 bits per heavy atom. The molecule has 2 aromatic rings. The van der Waals surface area contributed by atoms with Gasteiger partial charge >= 0.3 is 5.97 Å². The lowest BCUT2D eigenvalue weighted by Gasteiger charge is -2.09. The number of halogens is 2. The van der Waals surface area contributed by atoms with E-state index >= 15 is 0 Å². The lowest BCUT2D eigenvalue weighted by atomic mass is 10.2. The van der Waals surface area contributed by atoms with Crippen LogP contribution in [0.1, 0.15) is 15.9 Å². The highest BCUT2D eigenvalue weighted by molar-refractivity contribution is 6.33. The molecule has 0 aromatic heterocycles. The van der Waals surface area contributed by atoms with Crippen LogP contribution in [0, 0.1) is 0 Å². The van der Waals surface area contributed by atoms with Crippen molar-refractivity contribution in [1.29, 1.82) is 0 Å². The highest BCUT2D eigenvalue weighted by Gasteiger charge is 2.09. The molecule has 0 bridgehead atoms. The summed E-state index contributed by atoms with van der Waals surface area (Å²) in [5, 5.41) is 21.8. The van der Waals surface area contributed by atoms with Crippen LogP contribution in [0.15, 0.2) is 36.4 Å². The average Bonchev–Trinajstić information content (AvgIpc) is 2.41. The minimum atomic E-state index is -1.08. The van der Waals surface area contributed by atoms with E-state index in [9.17, 15) is 9.90 Å². The van der Waals surface area contributed by atoms with Crippen LogP contribution in [-0.4, -0.2) is 16.2 Å². The van der Waals surface area contributed by atoms with E-state index in [4.69, 9.17) is 28.3 Å². The van der Waals surface area contributed by atoms with Gasteiger partial charge in [0.25, 0.3) is 0 Å². The van der Waals surface area contributed by atoms with E-state index in [1.807, 2.05) is 0 Å². The quantitative estimate of drug-likeness (QED) is 0.798.